The third-order valence-corrected chi connectivity index (χ3v) is 4.85. The number of nitrogens with zero attached hydrogens (tertiary/aromatic N) is 2. The van der Waals surface area contributed by atoms with Crippen LogP contribution in [0.3, 0.4) is 0 Å². The van der Waals surface area contributed by atoms with Gasteiger partial charge in [0.05, 0.1) is 25.8 Å². The molecule has 4 N–H and O–H groups in total. The molecule has 1 aliphatic rings. The number of methoxy groups -OCH3 is 1. The second-order valence-electron chi connectivity index (χ2n) is 8.30. The molecule has 14 heteroatoms. The maximum absolute atomic E-state index is 12.6. The number of rotatable bonds is 14. The monoisotopic (exact) mass is 499 g/mol. The summed E-state index contributed by atoms with van der Waals surface area (Å²) >= 11 is 0. The lowest BCUT2D eigenvalue weighted by atomic mass is 9.93. The van der Waals surface area contributed by atoms with Gasteiger partial charge in [-0.15, -0.1) is 0 Å². The number of aliphatic hydroxyl groups excluding tert-OH is 1. The van der Waals surface area contributed by atoms with Gasteiger partial charge in [-0.25, -0.2) is 0 Å². The second kappa shape index (κ2) is 14.2. The van der Waals surface area contributed by atoms with Gasteiger partial charge in [0.2, 0.25) is 11.8 Å². The molecule has 1 saturated heterocycles. The first-order chi connectivity index (χ1) is 16.6. The van der Waals surface area contributed by atoms with E-state index in [-0.39, 0.29) is 36.3 Å². The van der Waals surface area contributed by atoms with Crippen molar-refractivity contribution in [3.63, 3.8) is 0 Å². The number of epoxide rings is 1. The number of ether oxygens (including phenoxy) is 2. The Morgan fingerprint density at radius 2 is 1.89 bits per heavy atom. The number of Topliss-reactive ketones (excluding diaryl/α,β-unsaturated/α-hetero) is 1. The SMILES string of the molecule is CO.COCC(NC(=O)c1cc(CN=O)on1)C(=O)NCC(=O)NC(CC(C)C)C(=O)C1(C)CO1. The van der Waals surface area contributed by atoms with Crippen molar-refractivity contribution in [3.05, 3.63) is 22.4 Å². The number of nitroso groups, excluding NO2 is 1. The molecule has 196 valence electrons. The van der Waals surface area contributed by atoms with Gasteiger partial charge in [-0.1, -0.05) is 24.2 Å². The van der Waals surface area contributed by atoms with Crippen LogP contribution in [0.2, 0.25) is 0 Å². The smallest absolute Gasteiger partial charge is 0.274 e. The van der Waals surface area contributed by atoms with Gasteiger partial charge >= 0.3 is 0 Å². The summed E-state index contributed by atoms with van der Waals surface area (Å²) in [6.45, 7) is 4.96. The molecule has 2 heterocycles. The Labute approximate surface area is 202 Å². The second-order valence-corrected chi connectivity index (χ2v) is 8.30. The van der Waals surface area contributed by atoms with Crippen LogP contribution in [0.5, 0.6) is 0 Å². The maximum atomic E-state index is 12.6. The highest BCUT2D eigenvalue weighted by Gasteiger charge is 2.50. The average Bonchev–Trinajstić information content (AvgIpc) is 3.40. The van der Waals surface area contributed by atoms with E-state index in [1.54, 1.807) is 6.92 Å². The van der Waals surface area contributed by atoms with Crippen LogP contribution in [-0.4, -0.2) is 85.4 Å². The summed E-state index contributed by atoms with van der Waals surface area (Å²) in [5.41, 5.74) is -1.03. The Morgan fingerprint density at radius 3 is 2.43 bits per heavy atom. The van der Waals surface area contributed by atoms with Gasteiger partial charge in [0.25, 0.3) is 5.91 Å². The zero-order chi connectivity index (χ0) is 26.6. The molecule has 0 aliphatic carbocycles. The summed E-state index contributed by atoms with van der Waals surface area (Å²) in [5.74, 6) is -1.94. The van der Waals surface area contributed by atoms with Crippen molar-refractivity contribution in [2.24, 2.45) is 11.1 Å². The van der Waals surface area contributed by atoms with Crippen LogP contribution in [0.15, 0.2) is 15.8 Å². The molecule has 3 unspecified atom stereocenters. The standard InChI is InChI=1S/C20H29N5O8.CH4O/c1-11(2)5-13(17(27)20(3)10-32-20)23-16(26)8-21-18(28)15(9-31-4)24-19(29)14-6-12(7-22-30)33-25-14;1-2/h6,11,13,15H,5,7-10H2,1-4H3,(H,21,28)(H,23,26)(H,24,29);2H,1H3. The van der Waals surface area contributed by atoms with Gasteiger partial charge in [0, 0.05) is 20.3 Å². The van der Waals surface area contributed by atoms with E-state index in [0.29, 0.717) is 13.0 Å². The number of hydrogen-bond acceptors (Lipinski definition) is 11. The lowest BCUT2D eigenvalue weighted by Gasteiger charge is -2.22. The highest BCUT2D eigenvalue weighted by Crippen LogP contribution is 2.29. The van der Waals surface area contributed by atoms with Gasteiger partial charge in [0.15, 0.2) is 17.2 Å². The Kier molecular flexibility index (Phi) is 12.1. The van der Waals surface area contributed by atoms with Gasteiger partial charge in [-0.05, 0) is 19.3 Å². The summed E-state index contributed by atoms with van der Waals surface area (Å²) in [6, 6.07) is -0.646. The van der Waals surface area contributed by atoms with Gasteiger partial charge in [-0.2, -0.15) is 4.91 Å². The molecule has 2 rings (SSSR count). The van der Waals surface area contributed by atoms with Crippen LogP contribution in [0.1, 0.15) is 43.4 Å². The highest BCUT2D eigenvalue weighted by molar-refractivity contribution is 5.98. The van der Waals surface area contributed by atoms with Crippen molar-refractivity contribution in [3.8, 4) is 0 Å². The van der Waals surface area contributed by atoms with Crippen LogP contribution in [0.25, 0.3) is 0 Å². The van der Waals surface area contributed by atoms with Crippen LogP contribution in [0, 0.1) is 10.8 Å². The van der Waals surface area contributed by atoms with E-state index < -0.39 is 42.0 Å². The first-order valence-electron chi connectivity index (χ1n) is 10.8. The van der Waals surface area contributed by atoms with Gasteiger partial charge in [-0.3, -0.25) is 19.2 Å². The van der Waals surface area contributed by atoms with E-state index in [2.05, 4.69) is 26.3 Å². The van der Waals surface area contributed by atoms with Gasteiger partial charge in [0.1, 0.15) is 18.2 Å². The summed E-state index contributed by atoms with van der Waals surface area (Å²) in [4.78, 5) is 60.1. The van der Waals surface area contributed by atoms with Crippen molar-refractivity contribution >= 4 is 23.5 Å². The highest BCUT2D eigenvalue weighted by atomic mass is 16.6. The Morgan fingerprint density at radius 1 is 1.23 bits per heavy atom. The Bertz CT molecular complexity index is 882. The van der Waals surface area contributed by atoms with Crippen molar-refractivity contribution in [1.82, 2.24) is 21.1 Å². The quantitative estimate of drug-likeness (QED) is 0.187. The number of amides is 3. The summed E-state index contributed by atoms with van der Waals surface area (Å²) in [5, 5.41) is 20.6. The molecule has 1 fully saturated rings. The fourth-order valence-corrected chi connectivity index (χ4v) is 3.00. The third-order valence-electron chi connectivity index (χ3n) is 4.85. The molecule has 1 aromatic heterocycles. The fraction of sp³-hybridized carbons (Fsp3) is 0.667. The zero-order valence-corrected chi connectivity index (χ0v) is 20.5. The minimum atomic E-state index is -1.13. The van der Waals surface area contributed by atoms with E-state index in [1.807, 2.05) is 13.8 Å². The molecular formula is C21H33N5O9. The predicted octanol–water partition coefficient (Wildman–Crippen LogP) is -0.701. The summed E-state index contributed by atoms with van der Waals surface area (Å²) in [7, 11) is 2.34. The maximum Gasteiger partial charge on any atom is 0.274 e. The average molecular weight is 500 g/mol. The lowest BCUT2D eigenvalue weighted by Crippen LogP contribution is -2.53. The topological polar surface area (TPSA) is 202 Å². The number of ketones is 1. The summed E-state index contributed by atoms with van der Waals surface area (Å²) < 4.78 is 14.9. The van der Waals surface area contributed by atoms with E-state index >= 15 is 0 Å². The Balaban J connectivity index is 0.00000298. The predicted molar refractivity (Wildman–Crippen MR) is 121 cm³/mol. The molecule has 14 nitrogen and oxygen atoms in total. The molecule has 0 spiro atoms. The Hall–Kier alpha value is -3.23. The van der Waals surface area contributed by atoms with Gasteiger partial charge < -0.3 is 35.1 Å². The van der Waals surface area contributed by atoms with E-state index in [1.165, 1.54) is 13.2 Å². The molecule has 0 saturated carbocycles. The summed E-state index contributed by atoms with van der Waals surface area (Å²) in [6.07, 6.45) is 0.430. The van der Waals surface area contributed by atoms with Crippen molar-refractivity contribution in [2.75, 3.05) is 34.0 Å². The molecule has 3 amide bonds. The van der Waals surface area contributed by atoms with Crippen molar-refractivity contribution in [2.45, 2.75) is 51.4 Å². The lowest BCUT2D eigenvalue weighted by molar-refractivity contribution is -0.131. The van der Waals surface area contributed by atoms with Crippen molar-refractivity contribution in [1.29, 1.82) is 0 Å². The van der Waals surface area contributed by atoms with Crippen LogP contribution < -0.4 is 16.0 Å². The van der Waals surface area contributed by atoms with Crippen LogP contribution in [0.4, 0.5) is 0 Å². The minimum Gasteiger partial charge on any atom is -0.400 e. The molecule has 3 atom stereocenters. The van der Waals surface area contributed by atoms with Crippen LogP contribution >= 0.6 is 0 Å². The largest absolute Gasteiger partial charge is 0.400 e. The first kappa shape index (κ1) is 29.8. The fourth-order valence-electron chi connectivity index (χ4n) is 3.00. The molecule has 0 radical (unpaired) electrons. The van der Waals surface area contributed by atoms with Crippen molar-refractivity contribution < 1.29 is 38.3 Å². The van der Waals surface area contributed by atoms with E-state index in [9.17, 15) is 24.1 Å². The minimum absolute atomic E-state index is 0.0931. The molecule has 35 heavy (non-hydrogen) atoms. The molecule has 1 aromatic rings. The number of aromatic nitrogens is 1. The number of carbonyl (C=O) groups is 4. The zero-order valence-electron chi connectivity index (χ0n) is 20.5. The molecular weight excluding hydrogens is 466 g/mol. The number of carbonyl (C=O) groups excluding carboxylic acids is 4. The molecule has 0 aromatic carbocycles. The third kappa shape index (κ3) is 9.50. The first-order valence-corrected chi connectivity index (χ1v) is 10.8. The number of nitrogens with one attached hydrogen (secondary N) is 3. The number of hydrogen-bond donors (Lipinski definition) is 4. The normalized spacial score (nSPS) is 17.9. The van der Waals surface area contributed by atoms with E-state index in [0.717, 1.165) is 7.11 Å². The van der Waals surface area contributed by atoms with Crippen LogP contribution in [-0.2, 0) is 30.4 Å². The molecule has 0 bridgehead atoms. The molecule has 1 aliphatic heterocycles. The van der Waals surface area contributed by atoms with E-state index in [4.69, 9.17) is 19.1 Å². The number of aliphatic hydroxyl groups is 1.